The van der Waals surface area contributed by atoms with Gasteiger partial charge in [-0.05, 0) is 19.3 Å². The summed E-state index contributed by atoms with van der Waals surface area (Å²) < 4.78 is 0. The van der Waals surface area contributed by atoms with Crippen molar-refractivity contribution in [3.8, 4) is 0 Å². The number of rotatable bonds is 4. The summed E-state index contributed by atoms with van der Waals surface area (Å²) in [4.78, 5) is 11.0. The summed E-state index contributed by atoms with van der Waals surface area (Å²) in [6.07, 6.45) is 2.77. The van der Waals surface area contributed by atoms with E-state index in [1.165, 1.54) is 0 Å². The van der Waals surface area contributed by atoms with Crippen molar-refractivity contribution < 1.29 is 4.79 Å². The van der Waals surface area contributed by atoms with Crippen LogP contribution in [0.4, 0.5) is 4.79 Å². The monoisotopic (exact) mass is 173 g/mol. The Morgan fingerprint density at radius 1 is 1.25 bits per heavy atom. The van der Waals surface area contributed by atoms with E-state index in [1.54, 1.807) is 0 Å². The van der Waals surface area contributed by atoms with E-state index < -0.39 is 0 Å². The Labute approximate surface area is 73.9 Å². The van der Waals surface area contributed by atoms with Gasteiger partial charge in [-0.3, -0.25) is 5.43 Å². The van der Waals surface area contributed by atoms with Gasteiger partial charge >= 0.3 is 6.03 Å². The van der Waals surface area contributed by atoms with Crippen LogP contribution in [0.3, 0.4) is 0 Å². The quantitative estimate of drug-likeness (QED) is 0.339. The first-order chi connectivity index (χ1) is 5.64. The summed E-state index contributed by atoms with van der Waals surface area (Å²) in [7, 11) is 0. The molecule has 0 rings (SSSR count). The molecule has 0 saturated heterocycles. The maximum Gasteiger partial charge on any atom is 0.329 e. The number of amides is 2. The van der Waals surface area contributed by atoms with Crippen LogP contribution in [0.2, 0.25) is 0 Å². The van der Waals surface area contributed by atoms with Crippen LogP contribution in [0.15, 0.2) is 0 Å². The second kappa shape index (κ2) is 4.98. The number of hydrogen-bond acceptors (Lipinski definition) is 2. The van der Waals surface area contributed by atoms with Gasteiger partial charge in [0.25, 0.3) is 0 Å². The minimum Gasteiger partial charge on any atom is -0.332 e. The van der Waals surface area contributed by atoms with E-state index in [4.69, 9.17) is 5.84 Å². The van der Waals surface area contributed by atoms with Crippen molar-refractivity contribution in [1.82, 2.24) is 10.7 Å². The molecule has 0 aliphatic rings. The number of carbonyl (C=O) groups excluding carboxylic acids is 1. The van der Waals surface area contributed by atoms with Gasteiger partial charge in [-0.15, -0.1) is 0 Å². The second-order valence-corrected chi connectivity index (χ2v) is 2.94. The van der Waals surface area contributed by atoms with E-state index in [-0.39, 0.29) is 11.6 Å². The van der Waals surface area contributed by atoms with Crippen molar-refractivity contribution in [2.24, 2.45) is 5.84 Å². The zero-order valence-corrected chi connectivity index (χ0v) is 8.11. The standard InChI is InChI=1S/C8H19N3O/c1-4-8(5-2,6-3)10-7(12)11-9/h4-6,9H2,1-3H3,(H2,10,11,12). The lowest BCUT2D eigenvalue weighted by molar-refractivity contribution is 0.218. The van der Waals surface area contributed by atoms with Gasteiger partial charge in [0.05, 0.1) is 0 Å². The number of nitrogens with one attached hydrogen (secondary N) is 2. The largest absolute Gasteiger partial charge is 0.332 e. The van der Waals surface area contributed by atoms with Crippen molar-refractivity contribution in [2.45, 2.75) is 45.6 Å². The first-order valence-electron chi connectivity index (χ1n) is 4.42. The van der Waals surface area contributed by atoms with Crippen LogP contribution < -0.4 is 16.6 Å². The average molecular weight is 173 g/mol. The molecule has 0 heterocycles. The summed E-state index contributed by atoms with van der Waals surface area (Å²) in [6.45, 7) is 6.18. The van der Waals surface area contributed by atoms with Crippen molar-refractivity contribution in [2.75, 3.05) is 0 Å². The molecule has 0 fully saturated rings. The first-order valence-corrected chi connectivity index (χ1v) is 4.42. The van der Waals surface area contributed by atoms with E-state index in [2.05, 4.69) is 31.5 Å². The van der Waals surface area contributed by atoms with Crippen molar-refractivity contribution in [3.05, 3.63) is 0 Å². The van der Waals surface area contributed by atoms with Crippen LogP contribution in [0, 0.1) is 0 Å². The van der Waals surface area contributed by atoms with Crippen molar-refractivity contribution in [1.29, 1.82) is 0 Å². The van der Waals surface area contributed by atoms with E-state index in [0.717, 1.165) is 19.3 Å². The van der Waals surface area contributed by atoms with E-state index in [0.29, 0.717) is 0 Å². The predicted octanol–water partition coefficient (Wildman–Crippen LogP) is 1.13. The first kappa shape index (κ1) is 11.2. The van der Waals surface area contributed by atoms with Crippen LogP contribution >= 0.6 is 0 Å². The van der Waals surface area contributed by atoms with Crippen LogP contribution in [-0.2, 0) is 0 Å². The minimum absolute atomic E-state index is 0.0938. The van der Waals surface area contributed by atoms with Crippen LogP contribution in [0.5, 0.6) is 0 Å². The molecular formula is C8H19N3O. The summed E-state index contributed by atoms with van der Waals surface area (Å²) in [6, 6.07) is -0.305. The molecule has 12 heavy (non-hydrogen) atoms. The molecule has 4 N–H and O–H groups in total. The second-order valence-electron chi connectivity index (χ2n) is 2.94. The molecule has 4 heteroatoms. The lowest BCUT2D eigenvalue weighted by atomic mass is 9.90. The Morgan fingerprint density at radius 2 is 1.67 bits per heavy atom. The zero-order chi connectivity index (χ0) is 9.61. The molecule has 0 aromatic carbocycles. The molecule has 0 aromatic rings. The summed E-state index contributed by atoms with van der Waals surface area (Å²) in [5.74, 6) is 4.98. The molecule has 0 aromatic heterocycles. The normalized spacial score (nSPS) is 11.0. The predicted molar refractivity (Wildman–Crippen MR) is 49.5 cm³/mol. The molecule has 4 nitrogen and oxygen atoms in total. The lowest BCUT2D eigenvalue weighted by Crippen LogP contribution is -2.52. The Balaban J connectivity index is 4.19. The average Bonchev–Trinajstić information content (AvgIpc) is 2.14. The minimum atomic E-state index is -0.305. The van der Waals surface area contributed by atoms with Gasteiger partial charge in [-0.2, -0.15) is 0 Å². The fourth-order valence-corrected chi connectivity index (χ4v) is 1.29. The maximum absolute atomic E-state index is 11.0. The van der Waals surface area contributed by atoms with E-state index >= 15 is 0 Å². The van der Waals surface area contributed by atoms with Crippen molar-refractivity contribution >= 4 is 6.03 Å². The fraction of sp³-hybridized carbons (Fsp3) is 0.875. The molecule has 72 valence electrons. The molecule has 2 amide bonds. The third-order valence-corrected chi connectivity index (χ3v) is 2.54. The van der Waals surface area contributed by atoms with Gasteiger partial charge in [0, 0.05) is 5.54 Å². The number of hydrazine groups is 1. The Kier molecular flexibility index (Phi) is 4.66. The third-order valence-electron chi connectivity index (χ3n) is 2.54. The highest BCUT2D eigenvalue weighted by Gasteiger charge is 2.25. The topological polar surface area (TPSA) is 67.2 Å². The highest BCUT2D eigenvalue weighted by molar-refractivity contribution is 5.74. The number of urea groups is 1. The molecule has 0 radical (unpaired) electrons. The van der Waals surface area contributed by atoms with Crippen LogP contribution in [0.25, 0.3) is 0 Å². The van der Waals surface area contributed by atoms with Gasteiger partial charge in [0.15, 0.2) is 0 Å². The molecule has 0 unspecified atom stereocenters. The molecule has 0 spiro atoms. The molecule has 0 bridgehead atoms. The van der Waals surface area contributed by atoms with Crippen LogP contribution in [-0.4, -0.2) is 11.6 Å². The van der Waals surface area contributed by atoms with Gasteiger partial charge in [-0.1, -0.05) is 20.8 Å². The van der Waals surface area contributed by atoms with E-state index in [1.807, 2.05) is 0 Å². The third kappa shape index (κ3) is 2.70. The lowest BCUT2D eigenvalue weighted by Gasteiger charge is -2.31. The highest BCUT2D eigenvalue weighted by Crippen LogP contribution is 2.18. The highest BCUT2D eigenvalue weighted by atomic mass is 16.2. The van der Waals surface area contributed by atoms with Gasteiger partial charge in [-0.25, -0.2) is 10.6 Å². The van der Waals surface area contributed by atoms with Gasteiger partial charge in [0.1, 0.15) is 0 Å². The Hall–Kier alpha value is -0.770. The molecule has 0 aliphatic heterocycles. The molecular weight excluding hydrogens is 154 g/mol. The van der Waals surface area contributed by atoms with Gasteiger partial charge in [0.2, 0.25) is 0 Å². The maximum atomic E-state index is 11.0. The Morgan fingerprint density at radius 3 is 1.92 bits per heavy atom. The Bertz CT molecular complexity index is 135. The summed E-state index contributed by atoms with van der Waals surface area (Å²) in [5.41, 5.74) is 1.98. The fourth-order valence-electron chi connectivity index (χ4n) is 1.29. The number of hydrogen-bond donors (Lipinski definition) is 3. The summed E-state index contributed by atoms with van der Waals surface area (Å²) in [5, 5.41) is 2.85. The van der Waals surface area contributed by atoms with Crippen LogP contribution in [0.1, 0.15) is 40.0 Å². The zero-order valence-electron chi connectivity index (χ0n) is 8.11. The van der Waals surface area contributed by atoms with Gasteiger partial charge < -0.3 is 5.32 Å². The molecule has 0 atom stereocenters. The molecule has 0 saturated carbocycles. The smallest absolute Gasteiger partial charge is 0.329 e. The van der Waals surface area contributed by atoms with Crippen molar-refractivity contribution in [3.63, 3.8) is 0 Å². The van der Waals surface area contributed by atoms with E-state index in [9.17, 15) is 4.79 Å². The molecule has 0 aliphatic carbocycles. The number of carbonyl (C=O) groups is 1. The SMILES string of the molecule is CCC(CC)(CC)NC(=O)NN. The number of nitrogens with two attached hydrogens (primary N) is 1. The summed E-state index contributed by atoms with van der Waals surface area (Å²) >= 11 is 0.